The highest BCUT2D eigenvalue weighted by molar-refractivity contribution is 6.76. The van der Waals surface area contributed by atoms with Crippen LogP contribution in [0, 0.1) is 5.92 Å². The number of carbonyl (C=O) groups excluding carboxylic acids is 2. The maximum absolute atomic E-state index is 12.9. The summed E-state index contributed by atoms with van der Waals surface area (Å²) in [7, 11) is -3.42. The Labute approximate surface area is 167 Å². The molecule has 5 nitrogen and oxygen atoms in total. The summed E-state index contributed by atoms with van der Waals surface area (Å²) in [5.41, 5.74) is 0. The molecule has 0 N–H and O–H groups in total. The summed E-state index contributed by atoms with van der Waals surface area (Å²) in [6.07, 6.45) is 5.34. The van der Waals surface area contributed by atoms with Crippen LogP contribution in [0.2, 0.25) is 37.8 Å². The van der Waals surface area contributed by atoms with Crippen molar-refractivity contribution < 1.29 is 18.8 Å². The Hall–Kier alpha value is -0.666. The maximum atomic E-state index is 12.9. The average Bonchev–Trinajstić information content (AvgIpc) is 2.65. The van der Waals surface area contributed by atoms with E-state index in [-0.39, 0.29) is 11.9 Å². The number of amides is 2. The van der Waals surface area contributed by atoms with Crippen molar-refractivity contribution in [3.05, 3.63) is 0 Å². The van der Waals surface area contributed by atoms with Crippen LogP contribution in [-0.2, 0) is 14.0 Å². The van der Waals surface area contributed by atoms with E-state index in [2.05, 4.69) is 40.4 Å². The Morgan fingerprint density at radius 2 is 1.59 bits per heavy atom. The van der Waals surface area contributed by atoms with Crippen LogP contribution in [0.4, 0.5) is 4.79 Å². The van der Waals surface area contributed by atoms with E-state index in [1.54, 1.807) is 0 Å². The number of nitrogens with zero attached hydrogens (tertiary/aromatic N) is 1. The molecule has 7 heteroatoms. The van der Waals surface area contributed by atoms with Crippen LogP contribution in [0.25, 0.3) is 0 Å². The molecule has 2 fully saturated rings. The van der Waals surface area contributed by atoms with Gasteiger partial charge in [0, 0.05) is 0 Å². The predicted molar refractivity (Wildman–Crippen MR) is 114 cm³/mol. The molecule has 0 aromatic rings. The van der Waals surface area contributed by atoms with Crippen molar-refractivity contribution in [2.45, 2.75) is 103 Å². The third kappa shape index (κ3) is 5.23. The molecule has 1 aliphatic heterocycles. The number of hydrogen-bond donors (Lipinski definition) is 0. The topological polar surface area (TPSA) is 55.8 Å². The fourth-order valence-electron chi connectivity index (χ4n) is 4.37. The van der Waals surface area contributed by atoms with Gasteiger partial charge in [-0.3, -0.25) is 4.79 Å². The normalized spacial score (nSPS) is 24.7. The first-order chi connectivity index (χ1) is 12.7. The number of likely N-dealkylation sites (tertiary alicyclic amines) is 1. The van der Waals surface area contributed by atoms with Crippen LogP contribution in [0.3, 0.4) is 0 Å². The van der Waals surface area contributed by atoms with Crippen LogP contribution in [0.1, 0.15) is 52.9 Å². The third-order valence-corrected chi connectivity index (χ3v) is 12.0. The van der Waals surface area contributed by atoms with Crippen molar-refractivity contribution >= 4 is 28.4 Å². The van der Waals surface area contributed by atoms with E-state index in [0.717, 1.165) is 31.0 Å². The van der Waals surface area contributed by atoms with Gasteiger partial charge in [0.25, 0.3) is 5.91 Å². The summed E-state index contributed by atoms with van der Waals surface area (Å²) < 4.78 is 12.1. The van der Waals surface area contributed by atoms with Gasteiger partial charge in [-0.2, -0.15) is 0 Å². The fraction of sp³-hybridized carbons (Fsp3) is 0.900. The zero-order valence-corrected chi connectivity index (χ0v) is 20.2. The van der Waals surface area contributed by atoms with Crippen molar-refractivity contribution in [3.8, 4) is 0 Å². The average molecular weight is 414 g/mol. The molecule has 1 aliphatic carbocycles. The van der Waals surface area contributed by atoms with Crippen molar-refractivity contribution in [1.82, 2.24) is 4.90 Å². The van der Waals surface area contributed by atoms with Crippen molar-refractivity contribution in [3.63, 3.8) is 0 Å². The number of ether oxygens (including phenoxy) is 1. The van der Waals surface area contributed by atoms with Gasteiger partial charge in [-0.05, 0) is 36.9 Å². The lowest BCUT2D eigenvalue weighted by molar-refractivity contribution is -0.165. The largest absolute Gasteiger partial charge is 0.453 e. The zero-order valence-electron chi connectivity index (χ0n) is 18.2. The minimum Gasteiger partial charge on any atom is -0.453 e. The van der Waals surface area contributed by atoms with Gasteiger partial charge in [0.1, 0.15) is 6.10 Å². The van der Waals surface area contributed by atoms with Gasteiger partial charge in [-0.1, -0.05) is 59.7 Å². The Kier molecular flexibility index (Phi) is 7.73. The molecule has 27 heavy (non-hydrogen) atoms. The van der Waals surface area contributed by atoms with E-state index in [9.17, 15) is 9.59 Å². The van der Waals surface area contributed by atoms with Gasteiger partial charge in [0.2, 0.25) is 0 Å². The van der Waals surface area contributed by atoms with Gasteiger partial charge in [0.15, 0.2) is 8.32 Å². The molecule has 2 rings (SSSR count). The Balaban J connectivity index is 2.17. The van der Waals surface area contributed by atoms with Crippen LogP contribution < -0.4 is 0 Å². The second-order valence-electron chi connectivity index (χ2n) is 9.49. The fourth-order valence-corrected chi connectivity index (χ4v) is 7.70. The van der Waals surface area contributed by atoms with E-state index in [4.69, 9.17) is 9.16 Å². The summed E-state index contributed by atoms with van der Waals surface area (Å²) in [4.78, 5) is 27.1. The van der Waals surface area contributed by atoms with Crippen molar-refractivity contribution in [1.29, 1.82) is 0 Å². The molecule has 2 amide bonds. The number of imide groups is 1. The molecule has 0 aromatic heterocycles. The lowest BCUT2D eigenvalue weighted by Crippen LogP contribution is -2.72. The molecule has 2 unspecified atom stereocenters. The molecular weight excluding hydrogens is 374 g/mol. The summed E-state index contributed by atoms with van der Waals surface area (Å²) in [5.74, 6) is 0.191. The highest BCUT2D eigenvalue weighted by atomic mass is 28.4. The molecule has 0 spiro atoms. The monoisotopic (exact) mass is 413 g/mol. The predicted octanol–water partition coefficient (Wildman–Crippen LogP) is 5.18. The lowest BCUT2D eigenvalue weighted by atomic mass is 9.77. The number of carbonyl (C=O) groups is 2. The van der Waals surface area contributed by atoms with Crippen molar-refractivity contribution in [2.24, 2.45) is 5.92 Å². The molecule has 2 aliphatic rings. The van der Waals surface area contributed by atoms with E-state index in [1.165, 1.54) is 24.2 Å². The van der Waals surface area contributed by atoms with Crippen LogP contribution in [-0.4, -0.2) is 51.7 Å². The first-order valence-electron chi connectivity index (χ1n) is 10.9. The summed E-state index contributed by atoms with van der Waals surface area (Å²) in [6.45, 7) is 13.0. The summed E-state index contributed by atoms with van der Waals surface area (Å²) in [6, 6.07) is 2.92. The van der Waals surface area contributed by atoms with E-state index < -0.39 is 28.6 Å². The first kappa shape index (κ1) is 22.6. The summed E-state index contributed by atoms with van der Waals surface area (Å²) >= 11 is 0. The molecule has 0 aromatic carbocycles. The quantitative estimate of drug-likeness (QED) is 0.406. The molecule has 0 bridgehead atoms. The molecule has 2 atom stereocenters. The van der Waals surface area contributed by atoms with Gasteiger partial charge in [0.05, 0.1) is 20.3 Å². The van der Waals surface area contributed by atoms with Gasteiger partial charge in [-0.25, -0.2) is 9.69 Å². The Morgan fingerprint density at radius 3 is 2.07 bits per heavy atom. The summed E-state index contributed by atoms with van der Waals surface area (Å²) in [5, 5.41) is 0. The SMILES string of the molecule is CC[Si](CC)(CC)OC1C(=O)N(C(=O)OC[Si](C)(C)C)C1C1CCCCC1. The minimum atomic E-state index is -1.90. The van der Waals surface area contributed by atoms with Crippen molar-refractivity contribution in [2.75, 3.05) is 6.23 Å². The number of hydrogen-bond acceptors (Lipinski definition) is 4. The van der Waals surface area contributed by atoms with E-state index in [1.807, 2.05) is 0 Å². The second kappa shape index (κ2) is 9.22. The highest BCUT2D eigenvalue weighted by Crippen LogP contribution is 2.40. The molecule has 1 saturated heterocycles. The molecule has 0 radical (unpaired) electrons. The van der Waals surface area contributed by atoms with Crippen LogP contribution >= 0.6 is 0 Å². The second-order valence-corrected chi connectivity index (χ2v) is 19.6. The molecular formula is C20H39NO4Si2. The molecule has 156 valence electrons. The number of β-lactam (4-membered cyclic amide) rings is 1. The lowest BCUT2D eigenvalue weighted by Gasteiger charge is -2.51. The van der Waals surface area contributed by atoms with Gasteiger partial charge >= 0.3 is 6.09 Å². The standard InChI is InChI=1S/C20H39NO4Si2/c1-7-27(8-2,9-3)25-18-17(16-13-11-10-12-14-16)21(19(18)22)20(23)24-15-26(4,5)6/h16-18H,7-15H2,1-6H3. The van der Waals surface area contributed by atoms with Gasteiger partial charge < -0.3 is 9.16 Å². The first-order valence-corrected chi connectivity index (χ1v) is 17.1. The molecule has 1 heterocycles. The maximum Gasteiger partial charge on any atom is 0.416 e. The van der Waals surface area contributed by atoms with E-state index >= 15 is 0 Å². The zero-order chi connectivity index (χ0) is 20.2. The highest BCUT2D eigenvalue weighted by Gasteiger charge is 2.57. The van der Waals surface area contributed by atoms with E-state index in [0.29, 0.717) is 12.1 Å². The molecule has 1 saturated carbocycles. The smallest absolute Gasteiger partial charge is 0.416 e. The third-order valence-electron chi connectivity index (χ3n) is 6.36. The Morgan fingerprint density at radius 1 is 1.04 bits per heavy atom. The van der Waals surface area contributed by atoms with Crippen LogP contribution in [0.15, 0.2) is 0 Å². The number of rotatable bonds is 8. The van der Waals surface area contributed by atoms with Gasteiger partial charge in [-0.15, -0.1) is 0 Å². The van der Waals surface area contributed by atoms with Crippen LogP contribution in [0.5, 0.6) is 0 Å². The minimum absolute atomic E-state index is 0.122. The Bertz CT molecular complexity index is 516.